The number of aromatic amines is 1. The van der Waals surface area contributed by atoms with Crippen molar-refractivity contribution in [1.29, 1.82) is 0 Å². The number of nitrogens with zero attached hydrogens (tertiary/aromatic N) is 3. The van der Waals surface area contributed by atoms with E-state index in [1.807, 2.05) is 77.9 Å². The Morgan fingerprint density at radius 1 is 1.02 bits per heavy atom. The standard InChI is InChI=1S/C24H27N5O4.C5H10O2/c1-24(2,3)33-23(30)29-15-17(14-26-29)20-11-16-13-25-22(12-21(16)28-20)27-18-5-7-19(8-6-18)32-10-9-31-4;1-5(2,3)7-4-6/h5-8,11-15,28H,9-10H2,1-4H3,(H,25,27);4H,1-3H3. The van der Waals surface area contributed by atoms with E-state index >= 15 is 0 Å². The molecule has 0 radical (unpaired) electrons. The average Bonchev–Trinajstić information content (AvgIpc) is 3.51. The summed E-state index contributed by atoms with van der Waals surface area (Å²) in [6.45, 7) is 12.4. The Morgan fingerprint density at radius 2 is 1.75 bits per heavy atom. The van der Waals surface area contributed by atoms with Crippen LogP contribution in [0.2, 0.25) is 0 Å². The number of pyridine rings is 1. The normalized spacial score (nSPS) is 11.4. The molecule has 0 aliphatic carbocycles. The van der Waals surface area contributed by atoms with E-state index in [-0.39, 0.29) is 5.60 Å². The van der Waals surface area contributed by atoms with Gasteiger partial charge in [-0.2, -0.15) is 9.78 Å². The molecule has 0 aliphatic heterocycles. The molecule has 0 spiro atoms. The Morgan fingerprint density at radius 3 is 2.35 bits per heavy atom. The number of carbonyl (C=O) groups excluding carboxylic acids is 2. The number of hydrogen-bond acceptors (Lipinski definition) is 9. The van der Waals surface area contributed by atoms with Gasteiger partial charge < -0.3 is 29.2 Å². The third-order valence-electron chi connectivity index (χ3n) is 5.06. The quantitative estimate of drug-likeness (QED) is 0.202. The highest BCUT2D eigenvalue weighted by atomic mass is 16.6. The van der Waals surface area contributed by atoms with Gasteiger partial charge in [-0.3, -0.25) is 4.79 Å². The fraction of sp³-hybridized carbons (Fsp3) is 0.379. The summed E-state index contributed by atoms with van der Waals surface area (Å²) >= 11 is 0. The lowest BCUT2D eigenvalue weighted by atomic mass is 10.2. The van der Waals surface area contributed by atoms with Crippen molar-refractivity contribution in [1.82, 2.24) is 19.7 Å². The second-order valence-corrected chi connectivity index (χ2v) is 10.8. The van der Waals surface area contributed by atoms with Crippen molar-refractivity contribution in [3.63, 3.8) is 0 Å². The molecule has 3 heterocycles. The SMILES string of the molecule is CC(C)(C)OC=O.COCCOc1ccc(Nc2cc3[nH]c(-c4cnn(C(=O)OC(C)(C)C)c4)cc3cn2)cc1. The van der Waals surface area contributed by atoms with Crippen molar-refractivity contribution in [2.24, 2.45) is 0 Å². The van der Waals surface area contributed by atoms with Crippen LogP contribution in [0.25, 0.3) is 22.2 Å². The predicted octanol–water partition coefficient (Wildman–Crippen LogP) is 5.94. The second kappa shape index (κ2) is 13.1. The summed E-state index contributed by atoms with van der Waals surface area (Å²) < 4.78 is 21.7. The number of nitrogens with one attached hydrogen (secondary N) is 2. The van der Waals surface area contributed by atoms with Gasteiger partial charge in [-0.25, -0.2) is 9.78 Å². The maximum atomic E-state index is 12.2. The minimum Gasteiger partial charge on any atom is -0.491 e. The summed E-state index contributed by atoms with van der Waals surface area (Å²) in [5.74, 6) is 1.48. The monoisotopic (exact) mass is 551 g/mol. The van der Waals surface area contributed by atoms with Crippen molar-refractivity contribution >= 4 is 35.0 Å². The Labute approximate surface area is 233 Å². The molecule has 0 amide bonds. The fourth-order valence-electron chi connectivity index (χ4n) is 3.29. The van der Waals surface area contributed by atoms with Gasteiger partial charge in [-0.05, 0) is 71.9 Å². The van der Waals surface area contributed by atoms with Crippen LogP contribution in [0.5, 0.6) is 5.75 Å². The van der Waals surface area contributed by atoms with Gasteiger partial charge in [-0.15, -0.1) is 0 Å². The van der Waals surface area contributed by atoms with Crippen molar-refractivity contribution in [3.8, 4) is 17.0 Å². The van der Waals surface area contributed by atoms with Crippen LogP contribution in [0.4, 0.5) is 16.3 Å². The Hall–Kier alpha value is -4.38. The number of fused-ring (bicyclic) bond motifs is 1. The number of hydrogen-bond donors (Lipinski definition) is 2. The fourth-order valence-corrected chi connectivity index (χ4v) is 3.29. The molecule has 2 N–H and O–H groups in total. The van der Waals surface area contributed by atoms with Gasteiger partial charge in [0.15, 0.2) is 0 Å². The number of aromatic nitrogens is 4. The van der Waals surface area contributed by atoms with Gasteiger partial charge in [0.25, 0.3) is 6.47 Å². The maximum absolute atomic E-state index is 12.2. The lowest BCUT2D eigenvalue weighted by molar-refractivity contribution is -0.138. The molecule has 40 heavy (non-hydrogen) atoms. The first-order valence-electron chi connectivity index (χ1n) is 12.7. The van der Waals surface area contributed by atoms with Crippen LogP contribution in [0.3, 0.4) is 0 Å². The van der Waals surface area contributed by atoms with Crippen molar-refractivity contribution < 1.29 is 28.5 Å². The molecule has 11 nitrogen and oxygen atoms in total. The molecule has 1 aromatic carbocycles. The third kappa shape index (κ3) is 9.42. The van der Waals surface area contributed by atoms with Gasteiger partial charge in [0.2, 0.25) is 0 Å². The van der Waals surface area contributed by atoms with E-state index < -0.39 is 11.7 Å². The summed E-state index contributed by atoms with van der Waals surface area (Å²) in [5.41, 5.74) is 2.50. The van der Waals surface area contributed by atoms with E-state index in [2.05, 4.69) is 25.1 Å². The second-order valence-electron chi connectivity index (χ2n) is 10.8. The number of ether oxygens (including phenoxy) is 4. The van der Waals surface area contributed by atoms with E-state index in [1.54, 1.807) is 25.7 Å². The van der Waals surface area contributed by atoms with E-state index in [4.69, 9.17) is 14.2 Å². The molecule has 4 aromatic rings. The summed E-state index contributed by atoms with van der Waals surface area (Å²) in [6, 6.07) is 11.5. The zero-order valence-corrected chi connectivity index (χ0v) is 24.0. The molecule has 0 unspecified atom stereocenters. The van der Waals surface area contributed by atoms with E-state index in [9.17, 15) is 9.59 Å². The largest absolute Gasteiger partial charge is 0.491 e. The summed E-state index contributed by atoms with van der Waals surface area (Å²) in [6.07, 6.45) is 4.53. The molecule has 0 aliphatic rings. The molecule has 4 rings (SSSR count). The molecule has 0 atom stereocenters. The highest BCUT2D eigenvalue weighted by Crippen LogP contribution is 2.26. The highest BCUT2D eigenvalue weighted by Gasteiger charge is 2.19. The lowest BCUT2D eigenvalue weighted by Gasteiger charge is -2.18. The molecule has 11 heteroatoms. The summed E-state index contributed by atoms with van der Waals surface area (Å²) in [7, 11) is 1.64. The summed E-state index contributed by atoms with van der Waals surface area (Å²) in [5, 5.41) is 8.37. The zero-order valence-electron chi connectivity index (χ0n) is 24.0. The number of H-pyrrole nitrogens is 1. The Balaban J connectivity index is 0.000000559. The molecule has 0 bridgehead atoms. The first kappa shape index (κ1) is 30.2. The molecular formula is C29H37N5O6. The van der Waals surface area contributed by atoms with E-state index in [1.165, 1.54) is 4.68 Å². The topological polar surface area (TPSA) is 130 Å². The van der Waals surface area contributed by atoms with Gasteiger partial charge in [0, 0.05) is 47.9 Å². The number of carbonyl (C=O) groups is 2. The summed E-state index contributed by atoms with van der Waals surface area (Å²) in [4.78, 5) is 29.7. The minimum atomic E-state index is -0.587. The van der Waals surface area contributed by atoms with Crippen LogP contribution in [0, 0.1) is 0 Å². The minimum absolute atomic E-state index is 0.318. The van der Waals surface area contributed by atoms with Crippen LogP contribution >= 0.6 is 0 Å². The van der Waals surface area contributed by atoms with Crippen LogP contribution in [0.15, 0.2) is 55.0 Å². The number of rotatable bonds is 8. The molecule has 0 fully saturated rings. The lowest BCUT2D eigenvalue weighted by Crippen LogP contribution is -2.27. The van der Waals surface area contributed by atoms with Gasteiger partial charge >= 0.3 is 6.09 Å². The van der Waals surface area contributed by atoms with Crippen LogP contribution in [0.1, 0.15) is 41.5 Å². The number of benzene rings is 1. The van der Waals surface area contributed by atoms with E-state index in [0.717, 1.165) is 33.6 Å². The molecule has 3 aromatic heterocycles. The molecular weight excluding hydrogens is 514 g/mol. The smallest absolute Gasteiger partial charge is 0.435 e. The van der Waals surface area contributed by atoms with Crippen LogP contribution < -0.4 is 10.1 Å². The first-order valence-corrected chi connectivity index (χ1v) is 12.7. The average molecular weight is 552 g/mol. The zero-order chi connectivity index (χ0) is 29.3. The van der Waals surface area contributed by atoms with Gasteiger partial charge in [0.05, 0.1) is 18.3 Å². The van der Waals surface area contributed by atoms with Crippen molar-refractivity contribution in [3.05, 3.63) is 55.0 Å². The van der Waals surface area contributed by atoms with Gasteiger partial charge in [-0.1, -0.05) is 0 Å². The predicted molar refractivity (Wildman–Crippen MR) is 153 cm³/mol. The highest BCUT2D eigenvalue weighted by molar-refractivity contribution is 5.87. The number of anilines is 2. The van der Waals surface area contributed by atoms with E-state index in [0.29, 0.717) is 25.5 Å². The molecule has 0 saturated heterocycles. The van der Waals surface area contributed by atoms with Gasteiger partial charge in [0.1, 0.15) is 29.4 Å². The number of methoxy groups -OCH3 is 1. The van der Waals surface area contributed by atoms with Crippen LogP contribution in [-0.4, -0.2) is 63.8 Å². The van der Waals surface area contributed by atoms with Crippen molar-refractivity contribution in [2.45, 2.75) is 52.7 Å². The molecule has 0 saturated carbocycles. The van der Waals surface area contributed by atoms with Crippen molar-refractivity contribution in [2.75, 3.05) is 25.6 Å². The molecule has 214 valence electrons. The Bertz CT molecular complexity index is 1400. The maximum Gasteiger partial charge on any atom is 0.435 e. The van der Waals surface area contributed by atoms with Crippen LogP contribution in [-0.2, 0) is 19.0 Å². The third-order valence-corrected chi connectivity index (χ3v) is 5.06. The Kier molecular flexibility index (Phi) is 9.89. The first-order chi connectivity index (χ1) is 18.9.